The third-order valence-electron chi connectivity index (χ3n) is 3.11. The molecular weight excluding hydrogens is 336 g/mol. The fourth-order valence-corrected chi connectivity index (χ4v) is 2.50. The number of hydrogen-bond donors (Lipinski definition) is 0. The van der Waals surface area contributed by atoms with Crippen LogP contribution in [-0.2, 0) is 4.74 Å². The molecule has 0 amide bonds. The molecule has 2 rings (SSSR count). The maximum absolute atomic E-state index is 11.7. The topological polar surface area (TPSA) is 44.8 Å². The Bertz CT molecular complexity index is 590. The Morgan fingerprint density at radius 2 is 2.00 bits per heavy atom. The molecule has 0 aliphatic heterocycles. The number of esters is 1. The number of hydrogen-bond acceptors (Lipinski definition) is 4. The predicted molar refractivity (Wildman–Crippen MR) is 84.0 cm³/mol. The lowest BCUT2D eigenvalue weighted by atomic mass is 10.1. The Morgan fingerprint density at radius 3 is 2.62 bits per heavy atom. The van der Waals surface area contributed by atoms with E-state index in [0.717, 1.165) is 18.4 Å². The van der Waals surface area contributed by atoms with E-state index in [0.29, 0.717) is 28.1 Å². The molecule has 21 heavy (non-hydrogen) atoms. The van der Waals surface area contributed by atoms with Crippen molar-refractivity contribution >= 4 is 21.9 Å². The molecule has 0 unspecified atom stereocenters. The van der Waals surface area contributed by atoms with Gasteiger partial charge in [0.2, 0.25) is 0 Å². The van der Waals surface area contributed by atoms with Gasteiger partial charge in [-0.15, -0.1) is 0 Å². The lowest BCUT2D eigenvalue weighted by Gasteiger charge is -2.14. The van der Waals surface area contributed by atoms with Crippen LogP contribution in [0.2, 0.25) is 0 Å². The first-order valence-electron chi connectivity index (χ1n) is 6.60. The molecule has 112 valence electrons. The van der Waals surface area contributed by atoms with E-state index in [2.05, 4.69) is 34.2 Å². The van der Waals surface area contributed by atoms with Gasteiger partial charge in [0.15, 0.2) is 0 Å². The second-order valence-corrected chi connectivity index (χ2v) is 5.32. The molecule has 0 bridgehead atoms. The molecule has 0 N–H and O–H groups in total. The summed E-state index contributed by atoms with van der Waals surface area (Å²) in [7, 11) is 2.88. The summed E-state index contributed by atoms with van der Waals surface area (Å²) in [6.07, 6.45) is 8.42. The van der Waals surface area contributed by atoms with Crippen molar-refractivity contribution in [2.45, 2.75) is 12.8 Å². The van der Waals surface area contributed by atoms with Crippen LogP contribution in [0.15, 0.2) is 40.4 Å². The molecule has 0 heterocycles. The zero-order valence-electron chi connectivity index (χ0n) is 12.0. The van der Waals surface area contributed by atoms with E-state index in [-0.39, 0.29) is 0 Å². The van der Waals surface area contributed by atoms with Crippen LogP contribution in [0, 0.1) is 0 Å². The van der Waals surface area contributed by atoms with Crippen LogP contribution < -0.4 is 9.47 Å². The van der Waals surface area contributed by atoms with Gasteiger partial charge < -0.3 is 14.2 Å². The molecule has 0 saturated carbocycles. The van der Waals surface area contributed by atoms with E-state index < -0.39 is 5.97 Å². The summed E-state index contributed by atoms with van der Waals surface area (Å²) in [4.78, 5) is 11.7. The number of halogens is 1. The minimum Gasteiger partial charge on any atom is -0.495 e. The molecule has 1 aliphatic rings. The van der Waals surface area contributed by atoms with E-state index in [1.54, 1.807) is 12.1 Å². The standard InChI is InChI=1S/C16H17BrO4/c1-19-13-8-12(16(18)20-2)9-14(15(13)17)21-10-11-6-4-3-5-7-11/h4,6-9H,3,5,10H2,1-2H3. The smallest absolute Gasteiger partial charge is 0.338 e. The Kier molecular flexibility index (Phi) is 5.44. The number of benzene rings is 1. The van der Waals surface area contributed by atoms with Gasteiger partial charge in [0.05, 0.1) is 19.8 Å². The summed E-state index contributed by atoms with van der Waals surface area (Å²) in [6, 6.07) is 3.26. The molecule has 0 fully saturated rings. The zero-order valence-corrected chi connectivity index (χ0v) is 13.6. The highest BCUT2D eigenvalue weighted by atomic mass is 79.9. The van der Waals surface area contributed by atoms with Crippen molar-refractivity contribution in [1.82, 2.24) is 0 Å². The molecule has 5 heteroatoms. The minimum absolute atomic E-state index is 0.390. The third kappa shape index (κ3) is 3.88. The van der Waals surface area contributed by atoms with Crippen molar-refractivity contribution in [2.75, 3.05) is 20.8 Å². The van der Waals surface area contributed by atoms with Crippen LogP contribution in [-0.4, -0.2) is 26.8 Å². The number of allylic oxidation sites excluding steroid dienone is 2. The fraction of sp³-hybridized carbons (Fsp3) is 0.312. The van der Waals surface area contributed by atoms with Gasteiger partial charge in [0.25, 0.3) is 0 Å². The number of methoxy groups -OCH3 is 2. The number of rotatable bonds is 5. The summed E-state index contributed by atoms with van der Waals surface area (Å²) in [6.45, 7) is 0.447. The van der Waals surface area contributed by atoms with Crippen LogP contribution in [0.3, 0.4) is 0 Å². The second-order valence-electron chi connectivity index (χ2n) is 4.53. The average molecular weight is 353 g/mol. The fourth-order valence-electron chi connectivity index (χ4n) is 2.00. The van der Waals surface area contributed by atoms with E-state index in [1.165, 1.54) is 14.2 Å². The van der Waals surface area contributed by atoms with Gasteiger partial charge in [0.1, 0.15) is 22.6 Å². The number of carbonyl (C=O) groups is 1. The first-order valence-corrected chi connectivity index (χ1v) is 7.39. The summed E-state index contributed by atoms with van der Waals surface area (Å²) in [5.41, 5.74) is 1.51. The summed E-state index contributed by atoms with van der Waals surface area (Å²) in [5.74, 6) is 0.651. The first-order chi connectivity index (χ1) is 10.2. The number of carbonyl (C=O) groups excluding carboxylic acids is 1. The van der Waals surface area contributed by atoms with Crippen LogP contribution in [0.1, 0.15) is 23.2 Å². The van der Waals surface area contributed by atoms with Gasteiger partial charge in [0, 0.05) is 0 Å². The van der Waals surface area contributed by atoms with Crippen molar-refractivity contribution in [1.29, 1.82) is 0 Å². The summed E-state index contributed by atoms with van der Waals surface area (Å²) in [5, 5.41) is 0. The highest BCUT2D eigenvalue weighted by Gasteiger charge is 2.15. The van der Waals surface area contributed by atoms with Crippen molar-refractivity contribution in [3.8, 4) is 11.5 Å². The Morgan fingerprint density at radius 1 is 1.24 bits per heavy atom. The zero-order chi connectivity index (χ0) is 15.2. The van der Waals surface area contributed by atoms with E-state index in [9.17, 15) is 4.79 Å². The summed E-state index contributed by atoms with van der Waals surface area (Å²) < 4.78 is 16.5. The minimum atomic E-state index is -0.428. The first kappa shape index (κ1) is 15.6. The van der Waals surface area contributed by atoms with Gasteiger partial charge in [-0.05, 0) is 46.5 Å². The van der Waals surface area contributed by atoms with Gasteiger partial charge >= 0.3 is 5.97 Å². The van der Waals surface area contributed by atoms with Crippen molar-refractivity contribution in [3.63, 3.8) is 0 Å². The van der Waals surface area contributed by atoms with Crippen molar-refractivity contribution < 1.29 is 19.0 Å². The van der Waals surface area contributed by atoms with Crippen LogP contribution in [0.4, 0.5) is 0 Å². The van der Waals surface area contributed by atoms with E-state index >= 15 is 0 Å². The highest BCUT2D eigenvalue weighted by Crippen LogP contribution is 2.36. The van der Waals surface area contributed by atoms with Gasteiger partial charge in [-0.3, -0.25) is 0 Å². The highest BCUT2D eigenvalue weighted by molar-refractivity contribution is 9.10. The Labute approximate surface area is 132 Å². The quantitative estimate of drug-likeness (QED) is 0.754. The molecule has 1 aromatic carbocycles. The predicted octanol–water partition coefficient (Wildman–Crippen LogP) is 3.90. The normalized spacial score (nSPS) is 13.6. The van der Waals surface area contributed by atoms with Gasteiger partial charge in [-0.25, -0.2) is 4.79 Å². The third-order valence-corrected chi connectivity index (χ3v) is 3.89. The second kappa shape index (κ2) is 7.31. The van der Waals surface area contributed by atoms with E-state index in [1.807, 2.05) is 0 Å². The maximum Gasteiger partial charge on any atom is 0.338 e. The lowest BCUT2D eigenvalue weighted by Crippen LogP contribution is -2.06. The molecule has 0 spiro atoms. The van der Waals surface area contributed by atoms with Crippen LogP contribution >= 0.6 is 15.9 Å². The molecule has 4 nitrogen and oxygen atoms in total. The average Bonchev–Trinajstić information content (AvgIpc) is 2.54. The van der Waals surface area contributed by atoms with E-state index in [4.69, 9.17) is 14.2 Å². The molecule has 1 aliphatic carbocycles. The molecule has 0 aromatic heterocycles. The largest absolute Gasteiger partial charge is 0.495 e. The van der Waals surface area contributed by atoms with Crippen molar-refractivity contribution in [2.24, 2.45) is 0 Å². The molecule has 0 saturated heterocycles. The number of ether oxygens (including phenoxy) is 3. The summed E-state index contributed by atoms with van der Waals surface area (Å²) >= 11 is 3.43. The van der Waals surface area contributed by atoms with Gasteiger partial charge in [-0.2, -0.15) is 0 Å². The maximum atomic E-state index is 11.7. The van der Waals surface area contributed by atoms with Gasteiger partial charge in [-0.1, -0.05) is 18.2 Å². The lowest BCUT2D eigenvalue weighted by molar-refractivity contribution is 0.0600. The van der Waals surface area contributed by atoms with Crippen molar-refractivity contribution in [3.05, 3.63) is 46.0 Å². The molecule has 0 radical (unpaired) electrons. The van der Waals surface area contributed by atoms with Crippen LogP contribution in [0.5, 0.6) is 11.5 Å². The Balaban J connectivity index is 2.22. The Hall–Kier alpha value is -1.75. The monoisotopic (exact) mass is 352 g/mol. The van der Waals surface area contributed by atoms with Crippen LogP contribution in [0.25, 0.3) is 0 Å². The SMILES string of the molecule is COC(=O)c1cc(OC)c(Br)c(OCC2=CCCC=C2)c1. The molecule has 0 atom stereocenters. The molecule has 1 aromatic rings. The molecular formula is C16H17BrO4.